The number of cyclic esters (lactones) is 2. The number of ether oxygens (including phenoxy) is 2. The van der Waals surface area contributed by atoms with Gasteiger partial charge in [-0.15, -0.1) is 0 Å². The molecule has 2 rings (SSSR count). The molecule has 16 heavy (non-hydrogen) atoms. The third-order valence-corrected chi connectivity index (χ3v) is 2.30. The van der Waals surface area contributed by atoms with Crippen molar-refractivity contribution in [3.05, 3.63) is 35.9 Å². The molecule has 0 aromatic heterocycles. The number of hydrogen-bond acceptors (Lipinski definition) is 4. The Labute approximate surface area is 92.5 Å². The summed E-state index contributed by atoms with van der Waals surface area (Å²) in [5.74, 6) is -0.394. The van der Waals surface area contributed by atoms with Gasteiger partial charge in [0.15, 0.2) is 0 Å². The lowest BCUT2D eigenvalue weighted by atomic mass is 10.0. The number of carbonyl (C=O) groups excluding carboxylic acids is 2. The number of hydrogen-bond donors (Lipinski definition) is 0. The largest absolute Gasteiger partial charge is 0.497 e. The highest BCUT2D eigenvalue weighted by Gasteiger charge is 2.19. The monoisotopic (exact) mass is 218 g/mol. The van der Waals surface area contributed by atoms with Crippen LogP contribution in [0.4, 0.5) is 0 Å². The van der Waals surface area contributed by atoms with Crippen LogP contribution < -0.4 is 4.74 Å². The zero-order valence-electron chi connectivity index (χ0n) is 8.73. The first-order valence-electron chi connectivity index (χ1n) is 4.78. The summed E-state index contributed by atoms with van der Waals surface area (Å²) < 4.78 is 9.42. The molecule has 0 saturated heterocycles. The highest BCUT2D eigenvalue weighted by molar-refractivity contribution is 6.05. The zero-order chi connectivity index (χ0) is 11.5. The predicted molar refractivity (Wildman–Crippen MR) is 56.7 cm³/mol. The van der Waals surface area contributed by atoms with E-state index in [2.05, 4.69) is 4.74 Å². The summed E-state index contributed by atoms with van der Waals surface area (Å²) in [7, 11) is 1.58. The van der Waals surface area contributed by atoms with Crippen molar-refractivity contribution >= 4 is 17.5 Å². The Morgan fingerprint density at radius 1 is 1.19 bits per heavy atom. The van der Waals surface area contributed by atoms with E-state index in [9.17, 15) is 9.59 Å². The molecule has 0 fully saturated rings. The van der Waals surface area contributed by atoms with Crippen LogP contribution in [0.25, 0.3) is 5.57 Å². The molecule has 1 heterocycles. The first-order valence-corrected chi connectivity index (χ1v) is 4.78. The molecule has 82 valence electrons. The molecule has 0 saturated carbocycles. The topological polar surface area (TPSA) is 52.6 Å². The van der Waals surface area contributed by atoms with Crippen molar-refractivity contribution in [1.29, 1.82) is 0 Å². The molecule has 0 atom stereocenters. The van der Waals surface area contributed by atoms with Crippen LogP contribution in [0.15, 0.2) is 30.3 Å². The second-order valence-corrected chi connectivity index (χ2v) is 3.37. The molecule has 0 aliphatic carbocycles. The Bertz CT molecular complexity index is 456. The first-order chi connectivity index (χ1) is 7.69. The van der Waals surface area contributed by atoms with E-state index >= 15 is 0 Å². The van der Waals surface area contributed by atoms with E-state index in [1.54, 1.807) is 31.4 Å². The van der Waals surface area contributed by atoms with Gasteiger partial charge in [0, 0.05) is 6.08 Å². The lowest BCUT2D eigenvalue weighted by Gasteiger charge is -2.11. The van der Waals surface area contributed by atoms with Crippen LogP contribution in [-0.4, -0.2) is 19.0 Å². The lowest BCUT2D eigenvalue weighted by Crippen LogP contribution is -2.16. The van der Waals surface area contributed by atoms with E-state index in [1.165, 1.54) is 6.08 Å². The second-order valence-electron chi connectivity index (χ2n) is 3.37. The summed E-state index contributed by atoms with van der Waals surface area (Å²) in [4.78, 5) is 22.1. The van der Waals surface area contributed by atoms with E-state index in [0.29, 0.717) is 5.57 Å². The Kier molecular flexibility index (Phi) is 2.72. The summed E-state index contributed by atoms with van der Waals surface area (Å²) in [6.07, 6.45) is 1.46. The lowest BCUT2D eigenvalue weighted by molar-refractivity contribution is -0.156. The van der Waals surface area contributed by atoms with Gasteiger partial charge >= 0.3 is 11.9 Å². The number of carbonyl (C=O) groups is 2. The Balaban J connectivity index is 2.29. The highest BCUT2D eigenvalue weighted by Crippen LogP contribution is 2.24. The quantitative estimate of drug-likeness (QED) is 0.558. The normalized spacial score (nSPS) is 15.4. The average Bonchev–Trinajstić information content (AvgIpc) is 2.28. The average molecular weight is 218 g/mol. The second kappa shape index (κ2) is 4.18. The SMILES string of the molecule is COc1ccc(C2=CC(=O)OC(=O)C2)cc1. The van der Waals surface area contributed by atoms with Gasteiger partial charge in [0.25, 0.3) is 0 Å². The third-order valence-electron chi connectivity index (χ3n) is 2.30. The van der Waals surface area contributed by atoms with Crippen LogP contribution in [-0.2, 0) is 14.3 Å². The molecule has 0 N–H and O–H groups in total. The van der Waals surface area contributed by atoms with Gasteiger partial charge in [-0.05, 0) is 23.3 Å². The Morgan fingerprint density at radius 3 is 2.44 bits per heavy atom. The van der Waals surface area contributed by atoms with Gasteiger partial charge in [-0.1, -0.05) is 12.1 Å². The van der Waals surface area contributed by atoms with Gasteiger partial charge in [0.1, 0.15) is 5.75 Å². The zero-order valence-corrected chi connectivity index (χ0v) is 8.73. The third kappa shape index (κ3) is 2.11. The number of esters is 2. The fourth-order valence-electron chi connectivity index (χ4n) is 1.52. The van der Waals surface area contributed by atoms with Gasteiger partial charge in [0.05, 0.1) is 13.5 Å². The molecule has 1 aromatic carbocycles. The molecule has 4 nitrogen and oxygen atoms in total. The maximum atomic E-state index is 11.1. The molecule has 0 radical (unpaired) electrons. The number of benzene rings is 1. The minimum absolute atomic E-state index is 0.123. The summed E-state index contributed by atoms with van der Waals surface area (Å²) >= 11 is 0. The van der Waals surface area contributed by atoms with Crippen LogP contribution in [0.5, 0.6) is 5.75 Å². The van der Waals surface area contributed by atoms with Crippen LogP contribution in [0.2, 0.25) is 0 Å². The predicted octanol–water partition coefficient (Wildman–Crippen LogP) is 1.55. The molecule has 4 heteroatoms. The molecular weight excluding hydrogens is 208 g/mol. The van der Waals surface area contributed by atoms with Crippen molar-refractivity contribution in [3.8, 4) is 5.75 Å². The van der Waals surface area contributed by atoms with Gasteiger partial charge in [-0.25, -0.2) is 4.79 Å². The van der Waals surface area contributed by atoms with Crippen LogP contribution in [0, 0.1) is 0 Å². The van der Waals surface area contributed by atoms with E-state index in [4.69, 9.17) is 4.74 Å². The van der Waals surface area contributed by atoms with Gasteiger partial charge in [0.2, 0.25) is 0 Å². The molecule has 0 bridgehead atoms. The maximum absolute atomic E-state index is 11.1. The van der Waals surface area contributed by atoms with Gasteiger partial charge in [-0.2, -0.15) is 0 Å². The van der Waals surface area contributed by atoms with Gasteiger partial charge in [-0.3, -0.25) is 4.79 Å². The van der Waals surface area contributed by atoms with Crippen molar-refractivity contribution in [2.75, 3.05) is 7.11 Å². The van der Waals surface area contributed by atoms with E-state index in [1.807, 2.05) is 0 Å². The molecule has 1 aliphatic heterocycles. The fourth-order valence-corrected chi connectivity index (χ4v) is 1.52. The first kappa shape index (κ1) is 10.4. The van der Waals surface area contributed by atoms with Crippen LogP contribution >= 0.6 is 0 Å². The van der Waals surface area contributed by atoms with Gasteiger partial charge < -0.3 is 9.47 Å². The molecule has 0 amide bonds. The molecule has 1 aromatic rings. The van der Waals surface area contributed by atoms with Crippen molar-refractivity contribution in [2.45, 2.75) is 6.42 Å². The molecule has 1 aliphatic rings. The van der Waals surface area contributed by atoms with Crippen LogP contribution in [0.3, 0.4) is 0 Å². The van der Waals surface area contributed by atoms with E-state index in [-0.39, 0.29) is 6.42 Å². The Morgan fingerprint density at radius 2 is 1.88 bits per heavy atom. The number of methoxy groups -OCH3 is 1. The minimum atomic E-state index is -0.609. The standard InChI is InChI=1S/C12H10O4/c1-15-10-4-2-8(3-5-10)9-6-11(13)16-12(14)7-9/h2-6H,7H2,1H3. The summed E-state index contributed by atoms with van der Waals surface area (Å²) in [5, 5.41) is 0. The Hall–Kier alpha value is -2.10. The van der Waals surface area contributed by atoms with E-state index in [0.717, 1.165) is 11.3 Å². The van der Waals surface area contributed by atoms with Crippen molar-refractivity contribution in [3.63, 3.8) is 0 Å². The van der Waals surface area contributed by atoms with Crippen LogP contribution in [0.1, 0.15) is 12.0 Å². The van der Waals surface area contributed by atoms with Crippen molar-refractivity contribution < 1.29 is 19.1 Å². The smallest absolute Gasteiger partial charge is 0.338 e. The molecular formula is C12H10O4. The highest BCUT2D eigenvalue weighted by atomic mass is 16.6. The summed E-state index contributed by atoms with van der Waals surface area (Å²) in [5.41, 5.74) is 1.50. The number of rotatable bonds is 2. The summed E-state index contributed by atoms with van der Waals surface area (Å²) in [6, 6.07) is 7.16. The fraction of sp³-hybridized carbons (Fsp3) is 0.167. The minimum Gasteiger partial charge on any atom is -0.497 e. The maximum Gasteiger partial charge on any atom is 0.338 e. The van der Waals surface area contributed by atoms with Crippen molar-refractivity contribution in [1.82, 2.24) is 0 Å². The molecule has 0 unspecified atom stereocenters. The van der Waals surface area contributed by atoms with Crippen molar-refractivity contribution in [2.24, 2.45) is 0 Å². The summed E-state index contributed by atoms with van der Waals surface area (Å²) in [6.45, 7) is 0. The van der Waals surface area contributed by atoms with E-state index < -0.39 is 11.9 Å². The molecule has 0 spiro atoms.